The molecule has 1 aliphatic heterocycles. The number of hydrogen-bond donors (Lipinski definition) is 1. The first-order valence-electron chi connectivity index (χ1n) is 8.11. The predicted octanol–water partition coefficient (Wildman–Crippen LogP) is 2.72. The number of rotatable bonds is 6. The molecule has 1 aliphatic rings. The Morgan fingerprint density at radius 2 is 2.17 bits per heavy atom. The maximum Gasteiger partial charge on any atom is 0.150 e. The minimum atomic E-state index is 0.315. The van der Waals surface area contributed by atoms with Crippen molar-refractivity contribution in [3.05, 3.63) is 35.4 Å². The Hall–Kier alpha value is -2.08. The van der Waals surface area contributed by atoms with Crippen molar-refractivity contribution >= 4 is 0 Å². The summed E-state index contributed by atoms with van der Waals surface area (Å²) in [5.41, 5.74) is 1.18. The Bertz CT molecular complexity index is 656. The van der Waals surface area contributed by atoms with Gasteiger partial charge in [0, 0.05) is 18.0 Å². The van der Waals surface area contributed by atoms with Gasteiger partial charge in [0.25, 0.3) is 0 Å². The van der Waals surface area contributed by atoms with Crippen molar-refractivity contribution in [3.8, 4) is 11.5 Å². The summed E-state index contributed by atoms with van der Waals surface area (Å²) in [6.07, 6.45) is 3.13. The van der Waals surface area contributed by atoms with E-state index in [2.05, 4.69) is 33.1 Å². The Kier molecular flexibility index (Phi) is 4.81. The molecule has 1 atom stereocenters. The minimum Gasteiger partial charge on any atom is -0.497 e. The van der Waals surface area contributed by atoms with Gasteiger partial charge in [-0.25, -0.2) is 4.98 Å². The molecule has 124 valence electrons. The van der Waals surface area contributed by atoms with Gasteiger partial charge in [0.15, 0.2) is 0 Å². The average Bonchev–Trinajstić information content (AvgIpc) is 3.23. The molecular formula is C17H24N4O2. The van der Waals surface area contributed by atoms with Crippen LogP contribution in [0.4, 0.5) is 0 Å². The largest absolute Gasteiger partial charge is 0.497 e. The van der Waals surface area contributed by atoms with Gasteiger partial charge in [0.2, 0.25) is 0 Å². The van der Waals surface area contributed by atoms with E-state index in [4.69, 9.17) is 9.47 Å². The second kappa shape index (κ2) is 7.00. The number of likely N-dealkylation sites (tertiary alicyclic amines) is 1. The van der Waals surface area contributed by atoms with Gasteiger partial charge in [-0.1, -0.05) is 6.92 Å². The standard InChI is InChI=1S/C17H24N4O2/c1-4-16-18-17(20-19-16)11-21-9-5-6-14(21)13-10-12(22-2)7-8-15(13)23-3/h7-8,10,14H,4-6,9,11H2,1-3H3,(H,18,19,20). The first kappa shape index (κ1) is 15.8. The monoisotopic (exact) mass is 316 g/mol. The van der Waals surface area contributed by atoms with Crippen LogP contribution in [0.5, 0.6) is 11.5 Å². The molecule has 0 radical (unpaired) electrons. The third-order valence-electron chi connectivity index (χ3n) is 4.41. The molecule has 3 rings (SSSR count). The lowest BCUT2D eigenvalue weighted by Gasteiger charge is -2.25. The molecule has 1 saturated heterocycles. The van der Waals surface area contributed by atoms with Crippen LogP contribution in [0.2, 0.25) is 0 Å². The fraction of sp³-hybridized carbons (Fsp3) is 0.529. The van der Waals surface area contributed by atoms with Crippen LogP contribution in [0, 0.1) is 0 Å². The molecule has 1 aromatic heterocycles. The fourth-order valence-corrected chi connectivity index (χ4v) is 3.22. The lowest BCUT2D eigenvalue weighted by atomic mass is 10.0. The molecule has 2 aromatic rings. The molecule has 1 N–H and O–H groups in total. The number of aromatic nitrogens is 3. The highest BCUT2D eigenvalue weighted by atomic mass is 16.5. The van der Waals surface area contributed by atoms with Crippen LogP contribution in [0.3, 0.4) is 0 Å². The quantitative estimate of drug-likeness (QED) is 0.888. The van der Waals surface area contributed by atoms with Crippen molar-refractivity contribution in [2.24, 2.45) is 0 Å². The Morgan fingerprint density at radius 1 is 1.30 bits per heavy atom. The zero-order valence-corrected chi connectivity index (χ0v) is 14.0. The van der Waals surface area contributed by atoms with Gasteiger partial charge in [0.05, 0.1) is 20.8 Å². The molecule has 1 aromatic carbocycles. The highest BCUT2D eigenvalue weighted by Crippen LogP contribution is 2.39. The summed E-state index contributed by atoms with van der Waals surface area (Å²) >= 11 is 0. The number of methoxy groups -OCH3 is 2. The van der Waals surface area contributed by atoms with Crippen molar-refractivity contribution in [1.82, 2.24) is 20.1 Å². The summed E-state index contributed by atoms with van der Waals surface area (Å²) in [4.78, 5) is 6.96. The predicted molar refractivity (Wildman–Crippen MR) is 87.7 cm³/mol. The van der Waals surface area contributed by atoms with Gasteiger partial charge in [0.1, 0.15) is 23.1 Å². The maximum atomic E-state index is 5.56. The second-order valence-electron chi connectivity index (χ2n) is 5.79. The number of nitrogens with one attached hydrogen (secondary N) is 1. The summed E-state index contributed by atoms with van der Waals surface area (Å²) in [5, 5.41) is 7.28. The van der Waals surface area contributed by atoms with E-state index in [0.29, 0.717) is 6.04 Å². The van der Waals surface area contributed by atoms with Crippen LogP contribution in [0.25, 0.3) is 0 Å². The van der Waals surface area contributed by atoms with Gasteiger partial charge in [-0.15, -0.1) is 0 Å². The number of nitrogens with zero attached hydrogens (tertiary/aromatic N) is 3. The van der Waals surface area contributed by atoms with E-state index in [1.54, 1.807) is 14.2 Å². The fourth-order valence-electron chi connectivity index (χ4n) is 3.22. The molecular weight excluding hydrogens is 292 g/mol. The molecule has 6 heteroatoms. The molecule has 23 heavy (non-hydrogen) atoms. The zero-order valence-electron chi connectivity index (χ0n) is 14.0. The zero-order chi connectivity index (χ0) is 16.2. The lowest BCUT2D eigenvalue weighted by Crippen LogP contribution is -2.24. The third kappa shape index (κ3) is 3.32. The van der Waals surface area contributed by atoms with Gasteiger partial charge >= 0.3 is 0 Å². The van der Waals surface area contributed by atoms with E-state index in [9.17, 15) is 0 Å². The van der Waals surface area contributed by atoms with Crippen molar-refractivity contribution in [3.63, 3.8) is 0 Å². The summed E-state index contributed by atoms with van der Waals surface area (Å²) in [6.45, 7) is 3.89. The summed E-state index contributed by atoms with van der Waals surface area (Å²) in [7, 11) is 3.41. The van der Waals surface area contributed by atoms with Crippen LogP contribution in [-0.4, -0.2) is 40.8 Å². The first-order valence-corrected chi connectivity index (χ1v) is 8.11. The van der Waals surface area contributed by atoms with Crippen molar-refractivity contribution in [1.29, 1.82) is 0 Å². The van der Waals surface area contributed by atoms with Crippen LogP contribution in [-0.2, 0) is 13.0 Å². The van der Waals surface area contributed by atoms with Gasteiger partial charge in [-0.05, 0) is 37.6 Å². The summed E-state index contributed by atoms with van der Waals surface area (Å²) < 4.78 is 10.9. The molecule has 1 fully saturated rings. The topological polar surface area (TPSA) is 63.3 Å². The summed E-state index contributed by atoms with van der Waals surface area (Å²) in [6, 6.07) is 6.31. The van der Waals surface area contributed by atoms with Crippen LogP contribution < -0.4 is 9.47 Å². The molecule has 0 amide bonds. The Morgan fingerprint density at radius 3 is 2.87 bits per heavy atom. The van der Waals surface area contributed by atoms with E-state index in [-0.39, 0.29) is 0 Å². The highest BCUT2D eigenvalue weighted by molar-refractivity contribution is 5.42. The van der Waals surface area contributed by atoms with E-state index < -0.39 is 0 Å². The number of hydrogen-bond acceptors (Lipinski definition) is 5. The second-order valence-corrected chi connectivity index (χ2v) is 5.79. The minimum absolute atomic E-state index is 0.315. The van der Waals surface area contributed by atoms with Gasteiger partial charge in [-0.3, -0.25) is 10.00 Å². The Labute approximate surface area is 136 Å². The Balaban J connectivity index is 1.83. The molecule has 0 aliphatic carbocycles. The molecule has 0 bridgehead atoms. The van der Waals surface area contributed by atoms with Gasteiger partial charge in [-0.2, -0.15) is 5.10 Å². The highest BCUT2D eigenvalue weighted by Gasteiger charge is 2.29. The molecule has 2 heterocycles. The van der Waals surface area contributed by atoms with Crippen LogP contribution >= 0.6 is 0 Å². The van der Waals surface area contributed by atoms with E-state index in [0.717, 1.165) is 49.1 Å². The summed E-state index contributed by atoms with van der Waals surface area (Å²) in [5.74, 6) is 3.57. The average molecular weight is 316 g/mol. The number of benzene rings is 1. The molecule has 0 saturated carbocycles. The molecule has 6 nitrogen and oxygen atoms in total. The first-order chi connectivity index (χ1) is 11.2. The van der Waals surface area contributed by atoms with Crippen LogP contribution in [0.1, 0.15) is 43.0 Å². The number of aryl methyl sites for hydroxylation is 1. The SMILES string of the molecule is CCc1n[nH]c(CN2CCCC2c2cc(OC)ccc2OC)n1. The molecule has 1 unspecified atom stereocenters. The van der Waals surface area contributed by atoms with E-state index in [1.807, 2.05) is 12.1 Å². The van der Waals surface area contributed by atoms with Crippen molar-refractivity contribution in [2.45, 2.75) is 38.8 Å². The molecule has 0 spiro atoms. The number of aromatic amines is 1. The van der Waals surface area contributed by atoms with Crippen molar-refractivity contribution < 1.29 is 9.47 Å². The smallest absolute Gasteiger partial charge is 0.150 e. The lowest BCUT2D eigenvalue weighted by molar-refractivity contribution is 0.237. The normalized spacial score (nSPS) is 18.3. The van der Waals surface area contributed by atoms with Crippen molar-refractivity contribution in [2.75, 3.05) is 20.8 Å². The van der Waals surface area contributed by atoms with E-state index >= 15 is 0 Å². The van der Waals surface area contributed by atoms with Gasteiger partial charge < -0.3 is 9.47 Å². The van der Waals surface area contributed by atoms with E-state index in [1.165, 1.54) is 12.0 Å². The van der Waals surface area contributed by atoms with Crippen LogP contribution in [0.15, 0.2) is 18.2 Å². The number of H-pyrrole nitrogens is 1. The third-order valence-corrected chi connectivity index (χ3v) is 4.41. The number of ether oxygens (including phenoxy) is 2. The maximum absolute atomic E-state index is 5.56.